The van der Waals surface area contributed by atoms with Crippen LogP contribution in [0, 0.1) is 5.92 Å². The summed E-state index contributed by atoms with van der Waals surface area (Å²) in [6, 6.07) is 8.55. The lowest BCUT2D eigenvalue weighted by atomic mass is 9.77. The number of fused-ring (bicyclic) bond motifs is 1. The molecular formula is C16H21NO. The Kier molecular flexibility index (Phi) is 2.69. The molecule has 18 heavy (non-hydrogen) atoms. The van der Waals surface area contributed by atoms with Crippen molar-refractivity contribution in [2.45, 2.75) is 45.1 Å². The number of benzene rings is 1. The van der Waals surface area contributed by atoms with Crippen molar-refractivity contribution in [2.75, 3.05) is 6.54 Å². The SMILES string of the molecule is CC1(C)CN(C(=O)C2CCC2)Cc2ccccc21. The first-order chi connectivity index (χ1) is 8.58. The third-order valence-electron chi connectivity index (χ3n) is 4.46. The van der Waals surface area contributed by atoms with Crippen LogP contribution in [0.4, 0.5) is 0 Å². The second-order valence-electron chi connectivity index (χ2n) is 6.36. The molecule has 2 nitrogen and oxygen atoms in total. The highest BCUT2D eigenvalue weighted by molar-refractivity contribution is 5.80. The van der Waals surface area contributed by atoms with Crippen molar-refractivity contribution in [3.63, 3.8) is 0 Å². The summed E-state index contributed by atoms with van der Waals surface area (Å²) in [5.41, 5.74) is 2.80. The number of amides is 1. The molecule has 0 N–H and O–H groups in total. The molecule has 1 aromatic carbocycles. The quantitative estimate of drug-likeness (QED) is 0.742. The maximum Gasteiger partial charge on any atom is 0.226 e. The third-order valence-corrected chi connectivity index (χ3v) is 4.46. The molecular weight excluding hydrogens is 222 g/mol. The predicted molar refractivity (Wildman–Crippen MR) is 72.2 cm³/mol. The van der Waals surface area contributed by atoms with E-state index in [0.717, 1.165) is 25.9 Å². The maximum absolute atomic E-state index is 12.4. The largest absolute Gasteiger partial charge is 0.337 e. The fourth-order valence-corrected chi connectivity index (χ4v) is 3.21. The number of hydrogen-bond acceptors (Lipinski definition) is 1. The fourth-order valence-electron chi connectivity index (χ4n) is 3.21. The van der Waals surface area contributed by atoms with Crippen LogP contribution in [0.25, 0.3) is 0 Å². The van der Waals surface area contributed by atoms with Gasteiger partial charge in [-0.25, -0.2) is 0 Å². The number of carbonyl (C=O) groups is 1. The Morgan fingerprint density at radius 3 is 2.67 bits per heavy atom. The van der Waals surface area contributed by atoms with Crippen molar-refractivity contribution in [2.24, 2.45) is 5.92 Å². The van der Waals surface area contributed by atoms with Gasteiger partial charge >= 0.3 is 0 Å². The van der Waals surface area contributed by atoms with E-state index in [1.54, 1.807) is 0 Å². The summed E-state index contributed by atoms with van der Waals surface area (Å²) in [6.07, 6.45) is 3.42. The van der Waals surface area contributed by atoms with Gasteiger partial charge in [-0.15, -0.1) is 0 Å². The summed E-state index contributed by atoms with van der Waals surface area (Å²) in [6.45, 7) is 6.15. The third kappa shape index (κ3) is 1.84. The normalized spacial score (nSPS) is 22.2. The van der Waals surface area contributed by atoms with Crippen molar-refractivity contribution >= 4 is 5.91 Å². The highest BCUT2D eigenvalue weighted by atomic mass is 16.2. The van der Waals surface area contributed by atoms with Gasteiger partial charge < -0.3 is 4.90 Å². The van der Waals surface area contributed by atoms with Crippen LogP contribution in [0.2, 0.25) is 0 Å². The van der Waals surface area contributed by atoms with E-state index in [9.17, 15) is 4.79 Å². The molecule has 1 fully saturated rings. The van der Waals surface area contributed by atoms with Crippen LogP contribution >= 0.6 is 0 Å². The number of rotatable bonds is 1. The summed E-state index contributed by atoms with van der Waals surface area (Å²) in [4.78, 5) is 14.5. The molecule has 0 spiro atoms. The molecule has 1 saturated carbocycles. The summed E-state index contributed by atoms with van der Waals surface area (Å²) >= 11 is 0. The van der Waals surface area contributed by atoms with Crippen LogP contribution in [-0.2, 0) is 16.8 Å². The van der Waals surface area contributed by atoms with Gasteiger partial charge in [0.15, 0.2) is 0 Å². The Morgan fingerprint density at radius 2 is 2.00 bits per heavy atom. The molecule has 1 heterocycles. The topological polar surface area (TPSA) is 20.3 Å². The minimum atomic E-state index is 0.0776. The second-order valence-corrected chi connectivity index (χ2v) is 6.36. The van der Waals surface area contributed by atoms with Gasteiger partial charge in [-0.1, -0.05) is 44.5 Å². The van der Waals surface area contributed by atoms with Crippen molar-refractivity contribution < 1.29 is 4.79 Å². The van der Waals surface area contributed by atoms with Gasteiger partial charge in [0.1, 0.15) is 0 Å². The molecule has 1 aliphatic heterocycles. The van der Waals surface area contributed by atoms with Crippen LogP contribution in [0.3, 0.4) is 0 Å². The minimum absolute atomic E-state index is 0.0776. The average molecular weight is 243 g/mol. The van der Waals surface area contributed by atoms with Gasteiger partial charge in [0, 0.05) is 24.4 Å². The monoisotopic (exact) mass is 243 g/mol. The molecule has 2 heteroatoms. The van der Waals surface area contributed by atoms with Gasteiger partial charge in [-0.2, -0.15) is 0 Å². The van der Waals surface area contributed by atoms with E-state index in [4.69, 9.17) is 0 Å². The van der Waals surface area contributed by atoms with Gasteiger partial charge in [-0.05, 0) is 24.0 Å². The van der Waals surface area contributed by atoms with E-state index in [0.29, 0.717) is 11.8 Å². The van der Waals surface area contributed by atoms with Crippen LogP contribution in [0.15, 0.2) is 24.3 Å². The lowest BCUT2D eigenvalue weighted by Crippen LogP contribution is -2.48. The van der Waals surface area contributed by atoms with Gasteiger partial charge in [0.2, 0.25) is 5.91 Å². The first kappa shape index (κ1) is 11.8. The summed E-state index contributed by atoms with van der Waals surface area (Å²) in [7, 11) is 0. The summed E-state index contributed by atoms with van der Waals surface area (Å²) < 4.78 is 0. The Balaban J connectivity index is 1.87. The van der Waals surface area contributed by atoms with Crippen molar-refractivity contribution in [3.8, 4) is 0 Å². The molecule has 1 aliphatic carbocycles. The molecule has 3 rings (SSSR count). The zero-order valence-corrected chi connectivity index (χ0v) is 11.3. The molecule has 96 valence electrons. The van der Waals surface area contributed by atoms with Gasteiger partial charge in [0.25, 0.3) is 0 Å². The fraction of sp³-hybridized carbons (Fsp3) is 0.562. The number of hydrogen-bond donors (Lipinski definition) is 0. The Bertz CT molecular complexity index is 474. The Labute approximate surface area is 109 Å². The van der Waals surface area contributed by atoms with Crippen LogP contribution < -0.4 is 0 Å². The minimum Gasteiger partial charge on any atom is -0.337 e. The molecule has 0 unspecified atom stereocenters. The lowest BCUT2D eigenvalue weighted by Gasteiger charge is -2.42. The smallest absolute Gasteiger partial charge is 0.226 e. The Hall–Kier alpha value is -1.31. The maximum atomic E-state index is 12.4. The van der Waals surface area contributed by atoms with Gasteiger partial charge in [-0.3, -0.25) is 4.79 Å². The number of carbonyl (C=O) groups excluding carboxylic acids is 1. The van der Waals surface area contributed by atoms with Crippen LogP contribution in [0.5, 0.6) is 0 Å². The highest BCUT2D eigenvalue weighted by Gasteiger charge is 2.37. The van der Waals surface area contributed by atoms with Crippen molar-refractivity contribution in [1.29, 1.82) is 0 Å². The first-order valence-corrected chi connectivity index (χ1v) is 6.95. The van der Waals surface area contributed by atoms with Crippen molar-refractivity contribution in [3.05, 3.63) is 35.4 Å². The van der Waals surface area contributed by atoms with E-state index < -0.39 is 0 Å². The van der Waals surface area contributed by atoms with Crippen LogP contribution in [-0.4, -0.2) is 17.4 Å². The molecule has 0 atom stereocenters. The van der Waals surface area contributed by atoms with E-state index in [1.165, 1.54) is 17.5 Å². The summed E-state index contributed by atoms with van der Waals surface area (Å²) in [5, 5.41) is 0. The number of nitrogens with zero attached hydrogens (tertiary/aromatic N) is 1. The molecule has 1 aromatic rings. The molecule has 0 aromatic heterocycles. The second kappa shape index (κ2) is 4.11. The van der Waals surface area contributed by atoms with E-state index in [2.05, 4.69) is 43.0 Å². The predicted octanol–water partition coefficient (Wildman–Crippen LogP) is 3.11. The molecule has 0 saturated heterocycles. The van der Waals surface area contributed by atoms with E-state index in [1.807, 2.05) is 0 Å². The molecule has 1 amide bonds. The zero-order valence-electron chi connectivity index (χ0n) is 11.3. The average Bonchev–Trinajstić information content (AvgIpc) is 2.25. The molecule has 2 aliphatic rings. The molecule has 0 radical (unpaired) electrons. The zero-order chi connectivity index (χ0) is 12.8. The van der Waals surface area contributed by atoms with Crippen molar-refractivity contribution in [1.82, 2.24) is 4.90 Å². The highest BCUT2D eigenvalue weighted by Crippen LogP contribution is 2.36. The first-order valence-electron chi connectivity index (χ1n) is 6.95. The van der Waals surface area contributed by atoms with Gasteiger partial charge in [0.05, 0.1) is 0 Å². The van der Waals surface area contributed by atoms with Crippen LogP contribution in [0.1, 0.15) is 44.2 Å². The summed E-state index contributed by atoms with van der Waals surface area (Å²) in [5.74, 6) is 0.690. The van der Waals surface area contributed by atoms with E-state index in [-0.39, 0.29) is 5.41 Å². The lowest BCUT2D eigenvalue weighted by molar-refractivity contribution is -0.140. The standard InChI is InChI=1S/C16H21NO/c1-16(2)11-17(15(18)12-7-5-8-12)10-13-6-3-4-9-14(13)16/h3-4,6,9,12H,5,7-8,10-11H2,1-2H3. The van der Waals surface area contributed by atoms with E-state index >= 15 is 0 Å². The Morgan fingerprint density at radius 1 is 1.28 bits per heavy atom. The molecule has 0 bridgehead atoms.